The average Bonchev–Trinajstić information content (AvgIpc) is 2.81. The van der Waals surface area contributed by atoms with Crippen molar-refractivity contribution in [3.63, 3.8) is 0 Å². The molecule has 0 aromatic rings. The molecule has 1 aliphatic heterocycles. The first-order valence-electron chi connectivity index (χ1n) is 5.90. The topological polar surface area (TPSA) is 41.6 Å². The summed E-state index contributed by atoms with van der Waals surface area (Å²) in [7, 11) is 1.89. The summed E-state index contributed by atoms with van der Waals surface area (Å²) >= 11 is 0. The molecule has 16 heavy (non-hydrogen) atoms. The third-order valence-corrected chi connectivity index (χ3v) is 2.89. The van der Waals surface area contributed by atoms with E-state index in [0.717, 1.165) is 25.9 Å². The van der Waals surface area contributed by atoms with Crippen LogP contribution in [0, 0.1) is 0 Å². The molecule has 0 saturated carbocycles. The Labute approximate surface area is 97.6 Å². The molecule has 1 saturated heterocycles. The van der Waals surface area contributed by atoms with E-state index in [4.69, 9.17) is 4.74 Å². The lowest BCUT2D eigenvalue weighted by molar-refractivity contribution is -0.132. The van der Waals surface area contributed by atoms with Gasteiger partial charge in [-0.2, -0.15) is 0 Å². The highest BCUT2D eigenvalue weighted by atomic mass is 16.5. The zero-order valence-electron chi connectivity index (χ0n) is 10.1. The van der Waals surface area contributed by atoms with Crippen LogP contribution in [0.25, 0.3) is 0 Å². The highest BCUT2D eigenvalue weighted by Crippen LogP contribution is 2.08. The maximum absolute atomic E-state index is 11.8. The number of amides is 1. The molecule has 4 heteroatoms. The fraction of sp³-hybridized carbons (Fsp3) is 0.750. The highest BCUT2D eigenvalue weighted by Gasteiger charge is 2.22. The van der Waals surface area contributed by atoms with Gasteiger partial charge in [-0.25, -0.2) is 0 Å². The molecule has 0 aromatic carbocycles. The number of rotatable bonds is 7. The molecule has 1 amide bonds. The van der Waals surface area contributed by atoms with E-state index in [1.54, 1.807) is 6.08 Å². The van der Waals surface area contributed by atoms with Gasteiger partial charge in [0.05, 0.1) is 6.61 Å². The van der Waals surface area contributed by atoms with Crippen LogP contribution in [0.2, 0.25) is 0 Å². The number of nitrogens with one attached hydrogen (secondary N) is 1. The van der Waals surface area contributed by atoms with E-state index in [1.807, 2.05) is 11.9 Å². The Morgan fingerprint density at radius 2 is 2.50 bits per heavy atom. The van der Waals surface area contributed by atoms with E-state index in [0.29, 0.717) is 25.7 Å². The van der Waals surface area contributed by atoms with Crippen LogP contribution in [0.3, 0.4) is 0 Å². The van der Waals surface area contributed by atoms with Crippen molar-refractivity contribution in [3.8, 4) is 0 Å². The van der Waals surface area contributed by atoms with Crippen LogP contribution in [-0.2, 0) is 9.53 Å². The first-order valence-corrected chi connectivity index (χ1v) is 5.90. The molecule has 1 rings (SSSR count). The molecule has 1 fully saturated rings. The van der Waals surface area contributed by atoms with E-state index < -0.39 is 0 Å². The molecule has 92 valence electrons. The van der Waals surface area contributed by atoms with Gasteiger partial charge in [0.2, 0.25) is 5.91 Å². The molecular formula is C12H22N2O2. The zero-order chi connectivity index (χ0) is 11.8. The minimum Gasteiger partial charge on any atom is -0.377 e. The van der Waals surface area contributed by atoms with Crippen molar-refractivity contribution in [3.05, 3.63) is 12.7 Å². The second-order valence-corrected chi connectivity index (χ2v) is 4.12. The second kappa shape index (κ2) is 7.41. The molecule has 1 aliphatic rings. The van der Waals surface area contributed by atoms with Gasteiger partial charge >= 0.3 is 0 Å². The van der Waals surface area contributed by atoms with Crippen LogP contribution in [0.15, 0.2) is 12.7 Å². The number of hydrogen-bond donors (Lipinski definition) is 1. The van der Waals surface area contributed by atoms with E-state index in [9.17, 15) is 4.79 Å². The normalized spacial score (nSPS) is 19.7. The summed E-state index contributed by atoms with van der Waals surface area (Å²) in [6.45, 7) is 6.71. The van der Waals surface area contributed by atoms with Crippen molar-refractivity contribution in [1.82, 2.24) is 10.2 Å². The molecule has 1 atom stereocenters. The maximum Gasteiger partial charge on any atom is 0.222 e. The average molecular weight is 226 g/mol. The minimum atomic E-state index is 0.218. The van der Waals surface area contributed by atoms with Crippen molar-refractivity contribution < 1.29 is 9.53 Å². The number of carbonyl (C=O) groups excluding carboxylic acids is 1. The summed E-state index contributed by atoms with van der Waals surface area (Å²) in [5, 5.41) is 3.26. The second-order valence-electron chi connectivity index (χ2n) is 4.12. The van der Waals surface area contributed by atoms with Crippen molar-refractivity contribution in [2.45, 2.75) is 25.3 Å². The molecule has 1 heterocycles. The summed E-state index contributed by atoms with van der Waals surface area (Å²) in [6.07, 6.45) is 4.15. The molecule has 0 spiro atoms. The summed E-state index contributed by atoms with van der Waals surface area (Å²) in [5.41, 5.74) is 0. The van der Waals surface area contributed by atoms with Crippen LogP contribution in [0.5, 0.6) is 0 Å². The lowest BCUT2D eigenvalue weighted by atomic mass is 10.2. The summed E-state index contributed by atoms with van der Waals surface area (Å²) in [6, 6.07) is 0.376. The Balaban J connectivity index is 2.11. The SMILES string of the molecule is C=CCOCCCC(=O)N(C)C1CCNC1. The molecule has 1 unspecified atom stereocenters. The fourth-order valence-corrected chi connectivity index (χ4v) is 1.84. The van der Waals surface area contributed by atoms with Gasteiger partial charge in [0.1, 0.15) is 0 Å². The number of nitrogens with zero attached hydrogens (tertiary/aromatic N) is 1. The zero-order valence-corrected chi connectivity index (χ0v) is 10.1. The third-order valence-electron chi connectivity index (χ3n) is 2.89. The Bertz CT molecular complexity index is 225. The smallest absolute Gasteiger partial charge is 0.222 e. The number of ether oxygens (including phenoxy) is 1. The van der Waals surface area contributed by atoms with Gasteiger partial charge in [-0.1, -0.05) is 6.08 Å². The van der Waals surface area contributed by atoms with Crippen molar-refractivity contribution >= 4 is 5.91 Å². The van der Waals surface area contributed by atoms with Crippen LogP contribution in [-0.4, -0.2) is 50.2 Å². The van der Waals surface area contributed by atoms with Gasteiger partial charge in [-0.05, 0) is 19.4 Å². The van der Waals surface area contributed by atoms with Gasteiger partial charge in [0, 0.05) is 32.7 Å². The quantitative estimate of drug-likeness (QED) is 0.515. The van der Waals surface area contributed by atoms with Crippen molar-refractivity contribution in [2.24, 2.45) is 0 Å². The predicted molar refractivity (Wildman–Crippen MR) is 64.3 cm³/mol. The van der Waals surface area contributed by atoms with Gasteiger partial charge in [-0.3, -0.25) is 4.79 Å². The standard InChI is InChI=1S/C12H22N2O2/c1-3-8-16-9-4-5-12(15)14(2)11-6-7-13-10-11/h3,11,13H,1,4-10H2,2H3. The number of hydrogen-bond acceptors (Lipinski definition) is 3. The number of carbonyl (C=O) groups is 1. The minimum absolute atomic E-state index is 0.218. The maximum atomic E-state index is 11.8. The van der Waals surface area contributed by atoms with Gasteiger partial charge < -0.3 is 15.0 Å². The molecule has 4 nitrogen and oxygen atoms in total. The van der Waals surface area contributed by atoms with Gasteiger partial charge in [-0.15, -0.1) is 6.58 Å². The molecule has 0 radical (unpaired) electrons. The lowest BCUT2D eigenvalue weighted by Crippen LogP contribution is -2.38. The first kappa shape index (κ1) is 13.2. The van der Waals surface area contributed by atoms with E-state index >= 15 is 0 Å². The monoisotopic (exact) mass is 226 g/mol. The Morgan fingerprint density at radius 3 is 3.12 bits per heavy atom. The largest absolute Gasteiger partial charge is 0.377 e. The Kier molecular flexibility index (Phi) is 6.11. The van der Waals surface area contributed by atoms with E-state index in [-0.39, 0.29) is 5.91 Å². The van der Waals surface area contributed by atoms with Crippen LogP contribution < -0.4 is 5.32 Å². The molecule has 0 bridgehead atoms. The Morgan fingerprint density at radius 1 is 1.69 bits per heavy atom. The van der Waals surface area contributed by atoms with E-state index in [1.165, 1.54) is 0 Å². The molecule has 0 aliphatic carbocycles. The first-order chi connectivity index (χ1) is 7.75. The molecule has 0 aromatic heterocycles. The molecule has 1 N–H and O–H groups in total. The molecular weight excluding hydrogens is 204 g/mol. The summed E-state index contributed by atoms with van der Waals surface area (Å²) in [4.78, 5) is 13.7. The summed E-state index contributed by atoms with van der Waals surface area (Å²) in [5.74, 6) is 0.218. The third kappa shape index (κ3) is 4.33. The Hall–Kier alpha value is -0.870. The van der Waals surface area contributed by atoms with Gasteiger partial charge in [0.15, 0.2) is 0 Å². The van der Waals surface area contributed by atoms with Gasteiger partial charge in [0.25, 0.3) is 0 Å². The number of likely N-dealkylation sites (N-methyl/N-ethyl adjacent to an activating group) is 1. The predicted octanol–water partition coefficient (Wildman–Crippen LogP) is 0.790. The summed E-state index contributed by atoms with van der Waals surface area (Å²) < 4.78 is 5.24. The fourth-order valence-electron chi connectivity index (χ4n) is 1.84. The van der Waals surface area contributed by atoms with Crippen molar-refractivity contribution in [2.75, 3.05) is 33.4 Å². The van der Waals surface area contributed by atoms with E-state index in [2.05, 4.69) is 11.9 Å². The highest BCUT2D eigenvalue weighted by molar-refractivity contribution is 5.76. The lowest BCUT2D eigenvalue weighted by Gasteiger charge is -2.23. The van der Waals surface area contributed by atoms with Crippen molar-refractivity contribution in [1.29, 1.82) is 0 Å². The van der Waals surface area contributed by atoms with Crippen LogP contribution >= 0.6 is 0 Å². The van der Waals surface area contributed by atoms with Crippen LogP contribution in [0.4, 0.5) is 0 Å². The van der Waals surface area contributed by atoms with Crippen LogP contribution in [0.1, 0.15) is 19.3 Å².